The number of aryl methyl sites for hydroxylation is 1. The van der Waals surface area contributed by atoms with Crippen LogP contribution in [0.15, 0.2) is 30.6 Å². The zero-order chi connectivity index (χ0) is 13.8. The first-order valence-electron chi connectivity index (χ1n) is 5.84. The molecule has 0 fully saturated rings. The highest BCUT2D eigenvalue weighted by atomic mass is 19.1. The lowest BCUT2D eigenvalue weighted by molar-refractivity contribution is 0.0951. The van der Waals surface area contributed by atoms with Crippen LogP contribution >= 0.6 is 0 Å². The van der Waals surface area contributed by atoms with Crippen LogP contribution in [-0.2, 0) is 13.6 Å². The Morgan fingerprint density at radius 3 is 2.89 bits per heavy atom. The van der Waals surface area contributed by atoms with E-state index in [0.29, 0.717) is 6.54 Å². The molecular formula is C13H15FN4O. The molecule has 0 atom stereocenters. The number of para-hydroxylation sites is 1. The second-order valence-corrected chi connectivity index (χ2v) is 4.12. The summed E-state index contributed by atoms with van der Waals surface area (Å²) in [5, 5.41) is 9.43. The number of amides is 1. The lowest BCUT2D eigenvalue weighted by atomic mass is 10.1. The summed E-state index contributed by atoms with van der Waals surface area (Å²) in [6, 6.07) is 4.40. The summed E-state index contributed by atoms with van der Waals surface area (Å²) in [4.78, 5) is 12.0. The fraction of sp³-hybridized carbons (Fsp3) is 0.231. The number of nitrogens with one attached hydrogen (secondary N) is 2. The molecule has 0 bridgehead atoms. The lowest BCUT2D eigenvalue weighted by Crippen LogP contribution is -2.23. The molecule has 0 aliphatic carbocycles. The maximum Gasteiger partial charge on any atom is 0.253 e. The first kappa shape index (κ1) is 13.1. The zero-order valence-corrected chi connectivity index (χ0v) is 10.8. The SMILES string of the molecule is CNc1c(F)cccc1C(=O)NCc1cnn(C)c1. The van der Waals surface area contributed by atoms with Gasteiger partial charge in [0.25, 0.3) is 5.91 Å². The third-order valence-electron chi connectivity index (χ3n) is 2.72. The minimum Gasteiger partial charge on any atom is -0.385 e. The summed E-state index contributed by atoms with van der Waals surface area (Å²) in [7, 11) is 3.38. The van der Waals surface area contributed by atoms with Crippen LogP contribution in [0.4, 0.5) is 10.1 Å². The number of hydrogen-bond acceptors (Lipinski definition) is 3. The number of rotatable bonds is 4. The smallest absolute Gasteiger partial charge is 0.253 e. The van der Waals surface area contributed by atoms with E-state index < -0.39 is 5.82 Å². The summed E-state index contributed by atoms with van der Waals surface area (Å²) in [5.41, 5.74) is 1.37. The van der Waals surface area contributed by atoms with Crippen LogP contribution in [0.3, 0.4) is 0 Å². The molecule has 2 rings (SSSR count). The monoisotopic (exact) mass is 262 g/mol. The predicted molar refractivity (Wildman–Crippen MR) is 70.3 cm³/mol. The highest BCUT2D eigenvalue weighted by Crippen LogP contribution is 2.19. The molecule has 100 valence electrons. The minimum atomic E-state index is -0.448. The van der Waals surface area contributed by atoms with E-state index in [-0.39, 0.29) is 17.2 Å². The van der Waals surface area contributed by atoms with Gasteiger partial charge in [0.1, 0.15) is 5.82 Å². The summed E-state index contributed by atoms with van der Waals surface area (Å²) >= 11 is 0. The number of anilines is 1. The Bertz CT molecular complexity index is 594. The van der Waals surface area contributed by atoms with E-state index >= 15 is 0 Å². The average Bonchev–Trinajstić information content (AvgIpc) is 2.81. The van der Waals surface area contributed by atoms with Gasteiger partial charge in [-0.1, -0.05) is 6.07 Å². The molecular weight excluding hydrogens is 247 g/mol. The van der Waals surface area contributed by atoms with E-state index in [1.54, 1.807) is 31.0 Å². The van der Waals surface area contributed by atoms with Gasteiger partial charge < -0.3 is 10.6 Å². The third kappa shape index (κ3) is 2.90. The molecule has 0 spiro atoms. The van der Waals surface area contributed by atoms with Gasteiger partial charge in [0.15, 0.2) is 0 Å². The zero-order valence-electron chi connectivity index (χ0n) is 10.8. The second-order valence-electron chi connectivity index (χ2n) is 4.12. The number of carbonyl (C=O) groups excluding carboxylic acids is 1. The number of halogens is 1. The standard InChI is InChI=1S/C13H15FN4O/c1-15-12-10(4-3-5-11(12)14)13(19)16-6-9-7-17-18(2)8-9/h3-5,7-8,15H,6H2,1-2H3,(H,16,19). The molecule has 0 saturated heterocycles. The molecule has 0 aliphatic heterocycles. The van der Waals surface area contributed by atoms with Crippen LogP contribution in [-0.4, -0.2) is 22.7 Å². The van der Waals surface area contributed by atoms with Crippen molar-refractivity contribution in [1.29, 1.82) is 0 Å². The van der Waals surface area contributed by atoms with Crippen molar-refractivity contribution < 1.29 is 9.18 Å². The summed E-state index contributed by atoms with van der Waals surface area (Å²) < 4.78 is 15.2. The molecule has 1 aromatic heterocycles. The predicted octanol–water partition coefficient (Wildman–Crippen LogP) is 1.53. The van der Waals surface area contributed by atoms with Gasteiger partial charge >= 0.3 is 0 Å². The van der Waals surface area contributed by atoms with Crippen molar-refractivity contribution in [2.75, 3.05) is 12.4 Å². The Hall–Kier alpha value is -2.37. The Balaban J connectivity index is 2.10. The van der Waals surface area contributed by atoms with E-state index in [0.717, 1.165) is 5.56 Å². The molecule has 2 N–H and O–H groups in total. The molecule has 19 heavy (non-hydrogen) atoms. The Labute approximate surface area is 110 Å². The van der Waals surface area contributed by atoms with Crippen molar-refractivity contribution >= 4 is 11.6 Å². The number of carbonyl (C=O) groups is 1. The highest BCUT2D eigenvalue weighted by molar-refractivity contribution is 5.99. The summed E-state index contributed by atoms with van der Waals surface area (Å²) in [6.45, 7) is 0.354. The van der Waals surface area contributed by atoms with Crippen LogP contribution in [0.2, 0.25) is 0 Å². The van der Waals surface area contributed by atoms with Crippen molar-refractivity contribution in [3.63, 3.8) is 0 Å². The van der Waals surface area contributed by atoms with Crippen LogP contribution in [0.25, 0.3) is 0 Å². The summed E-state index contributed by atoms with van der Waals surface area (Å²) in [6.07, 6.45) is 3.48. The van der Waals surface area contributed by atoms with Gasteiger partial charge in [-0.2, -0.15) is 5.10 Å². The first-order chi connectivity index (χ1) is 9.11. The third-order valence-corrected chi connectivity index (χ3v) is 2.72. The lowest BCUT2D eigenvalue weighted by Gasteiger charge is -2.10. The maximum absolute atomic E-state index is 13.5. The molecule has 0 radical (unpaired) electrons. The van der Waals surface area contributed by atoms with Gasteiger partial charge in [-0.3, -0.25) is 9.48 Å². The van der Waals surface area contributed by atoms with Crippen LogP contribution in [0.5, 0.6) is 0 Å². The average molecular weight is 262 g/mol. The molecule has 0 saturated carbocycles. The largest absolute Gasteiger partial charge is 0.385 e. The Kier molecular flexibility index (Phi) is 3.79. The van der Waals surface area contributed by atoms with Crippen molar-refractivity contribution in [2.24, 2.45) is 7.05 Å². The molecule has 2 aromatic rings. The van der Waals surface area contributed by atoms with E-state index in [1.165, 1.54) is 12.1 Å². The van der Waals surface area contributed by atoms with Crippen molar-refractivity contribution in [1.82, 2.24) is 15.1 Å². The van der Waals surface area contributed by atoms with Gasteiger partial charge in [0.05, 0.1) is 17.4 Å². The second kappa shape index (κ2) is 5.51. The normalized spacial score (nSPS) is 10.3. The number of benzene rings is 1. The fourth-order valence-electron chi connectivity index (χ4n) is 1.81. The van der Waals surface area contributed by atoms with Crippen LogP contribution in [0.1, 0.15) is 15.9 Å². The molecule has 6 heteroatoms. The quantitative estimate of drug-likeness (QED) is 0.878. The topological polar surface area (TPSA) is 59.0 Å². The van der Waals surface area contributed by atoms with E-state index in [2.05, 4.69) is 15.7 Å². The molecule has 5 nitrogen and oxygen atoms in total. The van der Waals surface area contributed by atoms with Gasteiger partial charge in [-0.25, -0.2) is 4.39 Å². The molecule has 1 amide bonds. The first-order valence-corrected chi connectivity index (χ1v) is 5.84. The molecule has 1 heterocycles. The molecule has 1 aromatic carbocycles. The van der Waals surface area contributed by atoms with Gasteiger partial charge in [0, 0.05) is 32.4 Å². The van der Waals surface area contributed by atoms with Crippen molar-refractivity contribution in [2.45, 2.75) is 6.54 Å². The van der Waals surface area contributed by atoms with E-state index in [1.807, 2.05) is 6.20 Å². The molecule has 0 unspecified atom stereocenters. The van der Waals surface area contributed by atoms with Crippen molar-refractivity contribution in [3.05, 3.63) is 47.5 Å². The Morgan fingerprint density at radius 2 is 2.26 bits per heavy atom. The van der Waals surface area contributed by atoms with Crippen LogP contribution in [0, 0.1) is 5.82 Å². The van der Waals surface area contributed by atoms with E-state index in [9.17, 15) is 9.18 Å². The summed E-state index contributed by atoms with van der Waals surface area (Å²) in [5.74, 6) is -0.774. The van der Waals surface area contributed by atoms with Gasteiger partial charge in [-0.15, -0.1) is 0 Å². The maximum atomic E-state index is 13.5. The van der Waals surface area contributed by atoms with Crippen LogP contribution < -0.4 is 10.6 Å². The van der Waals surface area contributed by atoms with Gasteiger partial charge in [-0.05, 0) is 12.1 Å². The molecule has 0 aliphatic rings. The fourth-order valence-corrected chi connectivity index (χ4v) is 1.81. The van der Waals surface area contributed by atoms with Crippen molar-refractivity contribution in [3.8, 4) is 0 Å². The Morgan fingerprint density at radius 1 is 1.47 bits per heavy atom. The minimum absolute atomic E-state index is 0.200. The van der Waals surface area contributed by atoms with E-state index in [4.69, 9.17) is 0 Å². The number of aromatic nitrogens is 2. The number of nitrogens with zero attached hydrogens (tertiary/aromatic N) is 2. The number of hydrogen-bond donors (Lipinski definition) is 2. The highest BCUT2D eigenvalue weighted by Gasteiger charge is 2.13. The van der Waals surface area contributed by atoms with Gasteiger partial charge in [0.2, 0.25) is 0 Å².